The smallest absolute Gasteiger partial charge is 0.312 e. The minimum absolute atomic E-state index is 0.168. The highest BCUT2D eigenvalue weighted by Gasteiger charge is 2.32. The highest BCUT2D eigenvalue weighted by atomic mass is 16.5. The van der Waals surface area contributed by atoms with Gasteiger partial charge in [0.05, 0.1) is 5.41 Å². The summed E-state index contributed by atoms with van der Waals surface area (Å²) in [5, 5.41) is 0. The zero-order chi connectivity index (χ0) is 15.0. The molecule has 2 aromatic rings. The van der Waals surface area contributed by atoms with Gasteiger partial charge in [0.25, 0.3) is 0 Å². The van der Waals surface area contributed by atoms with Gasteiger partial charge in [-0.2, -0.15) is 0 Å². The molecule has 1 aliphatic rings. The van der Waals surface area contributed by atoms with Gasteiger partial charge in [0.1, 0.15) is 0 Å². The maximum Gasteiger partial charge on any atom is 0.312 e. The van der Waals surface area contributed by atoms with Gasteiger partial charge in [-0.05, 0) is 38.3 Å². The maximum absolute atomic E-state index is 12.3. The predicted octanol–water partition coefficient (Wildman–Crippen LogP) is 4.27. The van der Waals surface area contributed by atoms with E-state index in [1.807, 2.05) is 45.0 Å². The molecule has 0 bridgehead atoms. The van der Waals surface area contributed by atoms with E-state index in [0.29, 0.717) is 0 Å². The SMILES string of the molecule is CC(C)(C)C(=O)OC1c2ccccc2Cc2ccccc21. The van der Waals surface area contributed by atoms with E-state index in [1.54, 1.807) is 0 Å². The number of hydrogen-bond donors (Lipinski definition) is 0. The summed E-state index contributed by atoms with van der Waals surface area (Å²) in [5.74, 6) is -0.168. The van der Waals surface area contributed by atoms with Gasteiger partial charge in [-0.1, -0.05) is 48.5 Å². The van der Waals surface area contributed by atoms with Crippen molar-refractivity contribution in [1.29, 1.82) is 0 Å². The zero-order valence-corrected chi connectivity index (χ0v) is 12.7. The van der Waals surface area contributed by atoms with Gasteiger partial charge in [-0.15, -0.1) is 0 Å². The average molecular weight is 280 g/mol. The molecular weight excluding hydrogens is 260 g/mol. The third kappa shape index (κ3) is 2.58. The van der Waals surface area contributed by atoms with Crippen molar-refractivity contribution in [2.45, 2.75) is 33.3 Å². The second kappa shape index (κ2) is 5.03. The van der Waals surface area contributed by atoms with E-state index < -0.39 is 5.41 Å². The molecule has 21 heavy (non-hydrogen) atoms. The van der Waals surface area contributed by atoms with Crippen LogP contribution in [0.5, 0.6) is 0 Å². The van der Waals surface area contributed by atoms with Gasteiger partial charge < -0.3 is 4.74 Å². The highest BCUT2D eigenvalue weighted by molar-refractivity contribution is 5.76. The van der Waals surface area contributed by atoms with Crippen LogP contribution in [0.3, 0.4) is 0 Å². The van der Waals surface area contributed by atoms with Gasteiger partial charge in [-0.25, -0.2) is 0 Å². The lowest BCUT2D eigenvalue weighted by atomic mass is 9.83. The van der Waals surface area contributed by atoms with Crippen molar-refractivity contribution in [2.24, 2.45) is 5.41 Å². The molecule has 0 N–H and O–H groups in total. The fourth-order valence-electron chi connectivity index (χ4n) is 2.69. The molecule has 0 spiro atoms. The van der Waals surface area contributed by atoms with E-state index in [2.05, 4.69) is 24.3 Å². The molecule has 0 aromatic heterocycles. The number of benzene rings is 2. The Bertz CT molecular complexity index is 634. The summed E-state index contributed by atoms with van der Waals surface area (Å²) in [6, 6.07) is 16.4. The van der Waals surface area contributed by atoms with Crippen LogP contribution >= 0.6 is 0 Å². The lowest BCUT2D eigenvalue weighted by molar-refractivity contribution is -0.157. The molecule has 0 fully saturated rings. The topological polar surface area (TPSA) is 26.3 Å². The second-order valence-corrected chi connectivity index (χ2v) is 6.61. The summed E-state index contributed by atoms with van der Waals surface area (Å²) in [4.78, 5) is 12.3. The van der Waals surface area contributed by atoms with Crippen molar-refractivity contribution in [2.75, 3.05) is 0 Å². The van der Waals surface area contributed by atoms with E-state index in [4.69, 9.17) is 4.74 Å². The lowest BCUT2D eigenvalue weighted by Gasteiger charge is -2.30. The van der Waals surface area contributed by atoms with Crippen molar-refractivity contribution in [1.82, 2.24) is 0 Å². The molecule has 108 valence electrons. The van der Waals surface area contributed by atoms with Crippen molar-refractivity contribution in [3.63, 3.8) is 0 Å². The first-order valence-electron chi connectivity index (χ1n) is 7.33. The number of carbonyl (C=O) groups is 1. The molecule has 2 nitrogen and oxygen atoms in total. The molecule has 2 heteroatoms. The fraction of sp³-hybridized carbons (Fsp3) is 0.316. The van der Waals surface area contributed by atoms with Gasteiger partial charge >= 0.3 is 5.97 Å². The maximum atomic E-state index is 12.3. The van der Waals surface area contributed by atoms with Crippen molar-refractivity contribution in [3.05, 3.63) is 70.8 Å². The quantitative estimate of drug-likeness (QED) is 0.729. The summed E-state index contributed by atoms with van der Waals surface area (Å²) in [6.45, 7) is 5.65. The van der Waals surface area contributed by atoms with E-state index in [1.165, 1.54) is 11.1 Å². The summed E-state index contributed by atoms with van der Waals surface area (Å²) < 4.78 is 5.87. The fourth-order valence-corrected chi connectivity index (χ4v) is 2.69. The van der Waals surface area contributed by atoms with Crippen LogP contribution in [0.2, 0.25) is 0 Å². The largest absolute Gasteiger partial charge is 0.452 e. The van der Waals surface area contributed by atoms with E-state index in [9.17, 15) is 4.79 Å². The summed E-state index contributed by atoms with van der Waals surface area (Å²) in [6.07, 6.45) is 0.605. The Morgan fingerprint density at radius 1 is 0.952 bits per heavy atom. The summed E-state index contributed by atoms with van der Waals surface area (Å²) in [7, 11) is 0. The number of fused-ring (bicyclic) bond motifs is 2. The Morgan fingerprint density at radius 2 is 1.43 bits per heavy atom. The second-order valence-electron chi connectivity index (χ2n) is 6.61. The van der Waals surface area contributed by atoms with Gasteiger partial charge in [0.15, 0.2) is 6.10 Å². The van der Waals surface area contributed by atoms with Crippen molar-refractivity contribution in [3.8, 4) is 0 Å². The van der Waals surface area contributed by atoms with Crippen LogP contribution in [0.15, 0.2) is 48.5 Å². The molecule has 0 radical (unpaired) electrons. The predicted molar refractivity (Wildman–Crippen MR) is 83.1 cm³/mol. The summed E-state index contributed by atoms with van der Waals surface area (Å²) in [5.41, 5.74) is 4.19. The molecular formula is C19H20O2. The van der Waals surface area contributed by atoms with E-state index in [0.717, 1.165) is 17.5 Å². The number of rotatable bonds is 1. The molecule has 2 aromatic carbocycles. The molecule has 0 saturated carbocycles. The van der Waals surface area contributed by atoms with Gasteiger partial charge in [0, 0.05) is 11.1 Å². The van der Waals surface area contributed by atoms with Crippen LogP contribution in [-0.2, 0) is 16.0 Å². The Balaban J connectivity index is 2.05. The molecule has 1 aliphatic carbocycles. The van der Waals surface area contributed by atoms with E-state index in [-0.39, 0.29) is 12.1 Å². The highest BCUT2D eigenvalue weighted by Crippen LogP contribution is 2.38. The molecule has 0 unspecified atom stereocenters. The Labute approximate surface area is 125 Å². The van der Waals surface area contributed by atoms with Crippen molar-refractivity contribution >= 4 is 5.97 Å². The molecule has 0 heterocycles. The monoisotopic (exact) mass is 280 g/mol. The third-order valence-electron chi connectivity index (χ3n) is 3.89. The molecule has 0 atom stereocenters. The number of carbonyl (C=O) groups excluding carboxylic acids is 1. The average Bonchev–Trinajstić information content (AvgIpc) is 2.46. The van der Waals surface area contributed by atoms with Crippen molar-refractivity contribution < 1.29 is 9.53 Å². The first-order chi connectivity index (χ1) is 9.97. The number of hydrogen-bond acceptors (Lipinski definition) is 2. The summed E-state index contributed by atoms with van der Waals surface area (Å²) >= 11 is 0. The minimum atomic E-state index is -0.499. The van der Waals surface area contributed by atoms with Gasteiger partial charge in [0.2, 0.25) is 0 Å². The minimum Gasteiger partial charge on any atom is -0.452 e. The Morgan fingerprint density at radius 3 is 1.90 bits per heavy atom. The van der Waals surface area contributed by atoms with Crippen LogP contribution in [-0.4, -0.2) is 5.97 Å². The first kappa shape index (κ1) is 13.9. The number of esters is 1. The molecule has 0 saturated heterocycles. The lowest BCUT2D eigenvalue weighted by Crippen LogP contribution is -2.27. The van der Waals surface area contributed by atoms with Crippen LogP contribution in [0.1, 0.15) is 49.1 Å². The van der Waals surface area contributed by atoms with Crippen LogP contribution in [0.4, 0.5) is 0 Å². The van der Waals surface area contributed by atoms with E-state index >= 15 is 0 Å². The molecule has 0 aliphatic heterocycles. The zero-order valence-electron chi connectivity index (χ0n) is 12.7. The third-order valence-corrected chi connectivity index (χ3v) is 3.89. The normalized spacial score (nSPS) is 14.2. The van der Waals surface area contributed by atoms with Crippen LogP contribution in [0.25, 0.3) is 0 Å². The van der Waals surface area contributed by atoms with Crippen LogP contribution < -0.4 is 0 Å². The Hall–Kier alpha value is -2.09. The standard InChI is InChI=1S/C19H20O2/c1-19(2,3)18(20)21-17-15-10-6-4-8-13(15)12-14-9-5-7-11-16(14)17/h4-11,17H,12H2,1-3H3. The van der Waals surface area contributed by atoms with Crippen LogP contribution in [0, 0.1) is 5.41 Å². The van der Waals surface area contributed by atoms with Gasteiger partial charge in [-0.3, -0.25) is 4.79 Å². The molecule has 3 rings (SSSR count). The first-order valence-corrected chi connectivity index (χ1v) is 7.33. The number of ether oxygens (including phenoxy) is 1. The molecule has 0 amide bonds. The Kier molecular flexibility index (Phi) is 3.32.